The zero-order valence-electron chi connectivity index (χ0n) is 17.8. The van der Waals surface area contributed by atoms with Gasteiger partial charge in [-0.25, -0.2) is 0 Å². The molecule has 0 bridgehead atoms. The Kier molecular flexibility index (Phi) is 7.76. The van der Waals surface area contributed by atoms with Crippen LogP contribution in [0.25, 0.3) is 0 Å². The molecule has 1 aromatic rings. The number of benzene rings is 1. The largest absolute Gasteiger partial charge is 0.371 e. The lowest BCUT2D eigenvalue weighted by Crippen LogP contribution is -2.36. The third-order valence-electron chi connectivity index (χ3n) is 5.24. The molecule has 156 valence electrons. The van der Waals surface area contributed by atoms with Gasteiger partial charge in [0.1, 0.15) is 0 Å². The summed E-state index contributed by atoms with van der Waals surface area (Å²) in [6.45, 7) is 12.5. The number of halogens is 1. The van der Waals surface area contributed by atoms with E-state index in [0.29, 0.717) is 29.6 Å². The molecule has 2 N–H and O–H groups in total. The average Bonchev–Trinajstić information content (AvgIpc) is 2.66. The molecular formula is C22H34ClN3O2. The van der Waals surface area contributed by atoms with Crippen molar-refractivity contribution in [2.75, 3.05) is 35.7 Å². The standard InChI is InChI=1S/C22H34ClN3O2/c1-15(2)13-24-20(27)18-12-17(25-21(28)22(4,5)14-23)6-7-19(18)26-10-8-16(3)9-11-26/h6-7,12,15-16H,8-11,13-14H2,1-5H3,(H,24,27)(H,25,28). The SMILES string of the molecule is CC(C)CNC(=O)c1cc(NC(=O)C(C)(C)CCl)ccc1N1CCC(C)CC1. The first kappa shape index (κ1) is 22.5. The summed E-state index contributed by atoms with van der Waals surface area (Å²) in [5.74, 6) is 1.05. The molecule has 1 aliphatic rings. The summed E-state index contributed by atoms with van der Waals surface area (Å²) in [6.07, 6.45) is 2.24. The first-order valence-electron chi connectivity index (χ1n) is 10.2. The van der Waals surface area contributed by atoms with Gasteiger partial charge in [-0.1, -0.05) is 20.8 Å². The molecule has 2 rings (SSSR count). The Morgan fingerprint density at radius 1 is 1.25 bits per heavy atom. The quantitative estimate of drug-likeness (QED) is 0.653. The minimum Gasteiger partial charge on any atom is -0.371 e. The number of hydrogen-bond donors (Lipinski definition) is 2. The van der Waals surface area contributed by atoms with Gasteiger partial charge in [-0.05, 0) is 56.7 Å². The van der Waals surface area contributed by atoms with Gasteiger partial charge in [0.15, 0.2) is 0 Å². The molecule has 1 saturated heterocycles. The van der Waals surface area contributed by atoms with Gasteiger partial charge in [0.05, 0.1) is 11.0 Å². The third kappa shape index (κ3) is 5.87. The van der Waals surface area contributed by atoms with Crippen LogP contribution in [0.2, 0.25) is 0 Å². The summed E-state index contributed by atoms with van der Waals surface area (Å²) < 4.78 is 0. The number of rotatable bonds is 7. The van der Waals surface area contributed by atoms with Crippen molar-refractivity contribution in [2.45, 2.75) is 47.5 Å². The van der Waals surface area contributed by atoms with Gasteiger partial charge in [0.2, 0.25) is 5.91 Å². The van der Waals surface area contributed by atoms with Crippen LogP contribution in [0.1, 0.15) is 57.8 Å². The predicted octanol–water partition coefficient (Wildman–Crippen LogP) is 4.51. The van der Waals surface area contributed by atoms with Crippen LogP contribution in [-0.4, -0.2) is 37.3 Å². The summed E-state index contributed by atoms with van der Waals surface area (Å²) in [7, 11) is 0. The van der Waals surface area contributed by atoms with Crippen LogP contribution in [0.5, 0.6) is 0 Å². The number of carbonyl (C=O) groups excluding carboxylic acids is 2. The molecule has 2 amide bonds. The second-order valence-electron chi connectivity index (χ2n) is 8.98. The number of piperidine rings is 1. The molecule has 0 unspecified atom stereocenters. The van der Waals surface area contributed by atoms with E-state index in [9.17, 15) is 9.59 Å². The van der Waals surface area contributed by atoms with E-state index in [-0.39, 0.29) is 17.7 Å². The number of amides is 2. The molecule has 1 heterocycles. The Morgan fingerprint density at radius 2 is 1.89 bits per heavy atom. The van der Waals surface area contributed by atoms with E-state index in [4.69, 9.17) is 11.6 Å². The summed E-state index contributed by atoms with van der Waals surface area (Å²) in [4.78, 5) is 27.7. The Morgan fingerprint density at radius 3 is 2.46 bits per heavy atom. The van der Waals surface area contributed by atoms with E-state index in [1.54, 1.807) is 19.9 Å². The second kappa shape index (κ2) is 9.64. The minimum absolute atomic E-state index is 0.102. The highest BCUT2D eigenvalue weighted by Gasteiger charge is 2.27. The molecule has 1 aliphatic heterocycles. The lowest BCUT2D eigenvalue weighted by Gasteiger charge is -2.33. The van der Waals surface area contributed by atoms with Crippen molar-refractivity contribution < 1.29 is 9.59 Å². The van der Waals surface area contributed by atoms with Crippen molar-refractivity contribution in [3.8, 4) is 0 Å². The number of nitrogens with one attached hydrogen (secondary N) is 2. The summed E-state index contributed by atoms with van der Waals surface area (Å²) in [5.41, 5.74) is 1.48. The van der Waals surface area contributed by atoms with Gasteiger partial charge in [-0.2, -0.15) is 0 Å². The van der Waals surface area contributed by atoms with Crippen LogP contribution >= 0.6 is 11.6 Å². The van der Waals surface area contributed by atoms with Crippen LogP contribution in [-0.2, 0) is 4.79 Å². The number of nitrogens with zero attached hydrogens (tertiary/aromatic N) is 1. The van der Waals surface area contributed by atoms with Crippen LogP contribution in [0.4, 0.5) is 11.4 Å². The first-order valence-corrected chi connectivity index (χ1v) is 10.7. The monoisotopic (exact) mass is 407 g/mol. The van der Waals surface area contributed by atoms with Crippen LogP contribution < -0.4 is 15.5 Å². The highest BCUT2D eigenvalue weighted by molar-refractivity contribution is 6.20. The lowest BCUT2D eigenvalue weighted by molar-refractivity contribution is -0.122. The van der Waals surface area contributed by atoms with Crippen molar-refractivity contribution in [1.29, 1.82) is 0 Å². The maximum atomic E-state index is 12.9. The molecule has 6 heteroatoms. The van der Waals surface area contributed by atoms with Crippen molar-refractivity contribution in [3.05, 3.63) is 23.8 Å². The van der Waals surface area contributed by atoms with Gasteiger partial charge >= 0.3 is 0 Å². The number of carbonyl (C=O) groups is 2. The van der Waals surface area contributed by atoms with Crippen molar-refractivity contribution in [2.24, 2.45) is 17.3 Å². The highest BCUT2D eigenvalue weighted by Crippen LogP contribution is 2.29. The number of alkyl halides is 1. The third-order valence-corrected chi connectivity index (χ3v) is 5.91. The Hall–Kier alpha value is -1.75. The summed E-state index contributed by atoms with van der Waals surface area (Å²) in [5, 5.41) is 5.92. The van der Waals surface area contributed by atoms with E-state index in [1.165, 1.54) is 0 Å². The topological polar surface area (TPSA) is 61.4 Å². The van der Waals surface area contributed by atoms with Gasteiger partial charge in [-0.3, -0.25) is 9.59 Å². The molecule has 1 aromatic carbocycles. The number of anilines is 2. The zero-order chi connectivity index (χ0) is 20.9. The van der Waals surface area contributed by atoms with Crippen molar-refractivity contribution in [1.82, 2.24) is 5.32 Å². The fourth-order valence-corrected chi connectivity index (χ4v) is 3.20. The molecule has 0 saturated carbocycles. The summed E-state index contributed by atoms with van der Waals surface area (Å²) >= 11 is 5.91. The highest BCUT2D eigenvalue weighted by atomic mass is 35.5. The maximum absolute atomic E-state index is 12.9. The van der Waals surface area contributed by atoms with E-state index in [1.807, 2.05) is 12.1 Å². The van der Waals surface area contributed by atoms with Gasteiger partial charge < -0.3 is 15.5 Å². The maximum Gasteiger partial charge on any atom is 0.253 e. The van der Waals surface area contributed by atoms with E-state index in [2.05, 4.69) is 36.3 Å². The molecular weight excluding hydrogens is 374 g/mol. The predicted molar refractivity (Wildman–Crippen MR) is 117 cm³/mol. The first-order chi connectivity index (χ1) is 13.1. The molecule has 0 radical (unpaired) electrons. The van der Waals surface area contributed by atoms with Crippen molar-refractivity contribution in [3.63, 3.8) is 0 Å². The van der Waals surface area contributed by atoms with Crippen LogP contribution in [0.3, 0.4) is 0 Å². The second-order valence-corrected chi connectivity index (χ2v) is 9.24. The fourth-order valence-electron chi connectivity index (χ4n) is 3.07. The minimum atomic E-state index is -0.677. The molecule has 28 heavy (non-hydrogen) atoms. The fraction of sp³-hybridized carbons (Fsp3) is 0.636. The molecule has 0 atom stereocenters. The van der Waals surface area contributed by atoms with E-state index in [0.717, 1.165) is 31.6 Å². The smallest absolute Gasteiger partial charge is 0.253 e. The van der Waals surface area contributed by atoms with E-state index >= 15 is 0 Å². The molecule has 5 nitrogen and oxygen atoms in total. The zero-order valence-corrected chi connectivity index (χ0v) is 18.5. The van der Waals surface area contributed by atoms with Gasteiger partial charge in [0.25, 0.3) is 5.91 Å². The van der Waals surface area contributed by atoms with E-state index < -0.39 is 5.41 Å². The summed E-state index contributed by atoms with van der Waals surface area (Å²) in [6, 6.07) is 5.60. The molecule has 0 aliphatic carbocycles. The molecule has 0 aromatic heterocycles. The van der Waals surface area contributed by atoms with Crippen LogP contribution in [0, 0.1) is 17.3 Å². The molecule has 0 spiro atoms. The Bertz CT molecular complexity index is 695. The van der Waals surface area contributed by atoms with Gasteiger partial charge in [0, 0.05) is 36.9 Å². The molecule has 1 fully saturated rings. The number of hydrogen-bond acceptors (Lipinski definition) is 3. The van der Waals surface area contributed by atoms with Crippen molar-refractivity contribution >= 4 is 34.8 Å². The Balaban J connectivity index is 2.29. The van der Waals surface area contributed by atoms with Crippen LogP contribution in [0.15, 0.2) is 18.2 Å². The van der Waals surface area contributed by atoms with Gasteiger partial charge in [-0.15, -0.1) is 11.6 Å². The average molecular weight is 408 g/mol. The lowest BCUT2D eigenvalue weighted by atomic mass is 9.95. The Labute approximate surface area is 174 Å². The normalized spacial score (nSPS) is 15.6.